The molecule has 1 amide bonds. The Hall–Kier alpha value is -2.66. The number of hydrogen-bond acceptors (Lipinski definition) is 3. The minimum atomic E-state index is 0.136. The summed E-state index contributed by atoms with van der Waals surface area (Å²) in [5, 5.41) is 0. The summed E-state index contributed by atoms with van der Waals surface area (Å²) in [4.78, 5) is 19.5. The molecule has 1 unspecified atom stereocenters. The Kier molecular flexibility index (Phi) is 5.72. The Morgan fingerprint density at radius 2 is 1.86 bits per heavy atom. The van der Waals surface area contributed by atoms with Gasteiger partial charge in [0.1, 0.15) is 5.82 Å². The van der Waals surface area contributed by atoms with Gasteiger partial charge in [0.15, 0.2) is 0 Å². The lowest BCUT2D eigenvalue weighted by molar-refractivity contribution is -0.127. The molecule has 2 heterocycles. The summed E-state index contributed by atoms with van der Waals surface area (Å²) in [5.41, 5.74) is 3.37. The van der Waals surface area contributed by atoms with E-state index in [1.807, 2.05) is 48.2 Å². The number of rotatable bonds is 8. The number of likely N-dealkylation sites (tertiary alicyclic amines) is 1. The molecule has 0 saturated carbocycles. The van der Waals surface area contributed by atoms with E-state index in [2.05, 4.69) is 22.8 Å². The van der Waals surface area contributed by atoms with Crippen LogP contribution in [0.4, 0.5) is 0 Å². The van der Waals surface area contributed by atoms with Crippen molar-refractivity contribution in [3.8, 4) is 0 Å². The highest BCUT2D eigenvalue weighted by Gasteiger charge is 2.33. The number of ether oxygens (including phenoxy) is 1. The molecule has 2 aromatic carbocycles. The van der Waals surface area contributed by atoms with Gasteiger partial charge in [-0.05, 0) is 31.0 Å². The molecule has 1 aromatic heterocycles. The van der Waals surface area contributed by atoms with Crippen LogP contribution in [-0.4, -0.2) is 46.7 Å². The standard InChI is InChI=1S/C23H27N3O2/c1-2-28-15-14-26-21-11-7-6-10-20(21)24-23(26)19-16-22(27)25(17-19)13-12-18-8-4-3-5-9-18/h3-11,19H,2,12-17H2,1H3. The van der Waals surface area contributed by atoms with Gasteiger partial charge in [-0.15, -0.1) is 0 Å². The van der Waals surface area contributed by atoms with Crippen LogP contribution in [0.25, 0.3) is 11.0 Å². The van der Waals surface area contributed by atoms with Crippen LogP contribution in [0.2, 0.25) is 0 Å². The maximum atomic E-state index is 12.6. The molecule has 3 aromatic rings. The molecule has 0 aliphatic carbocycles. The number of imidazole rings is 1. The number of benzene rings is 2. The highest BCUT2D eigenvalue weighted by Crippen LogP contribution is 2.30. The van der Waals surface area contributed by atoms with Gasteiger partial charge in [-0.25, -0.2) is 4.98 Å². The summed E-state index contributed by atoms with van der Waals surface area (Å²) in [5.74, 6) is 1.37. The van der Waals surface area contributed by atoms with Crippen molar-refractivity contribution in [1.29, 1.82) is 0 Å². The third-order valence-corrected chi connectivity index (χ3v) is 5.44. The van der Waals surface area contributed by atoms with Gasteiger partial charge in [0.05, 0.1) is 17.6 Å². The summed E-state index contributed by atoms with van der Waals surface area (Å²) < 4.78 is 7.82. The fourth-order valence-corrected chi connectivity index (χ4v) is 4.01. The second-order valence-electron chi connectivity index (χ2n) is 7.28. The Labute approximate surface area is 165 Å². The van der Waals surface area contributed by atoms with Crippen molar-refractivity contribution >= 4 is 16.9 Å². The largest absolute Gasteiger partial charge is 0.380 e. The molecule has 1 aliphatic heterocycles. The van der Waals surface area contributed by atoms with E-state index >= 15 is 0 Å². The van der Waals surface area contributed by atoms with Crippen LogP contribution in [0.5, 0.6) is 0 Å². The second-order valence-corrected chi connectivity index (χ2v) is 7.28. The number of aromatic nitrogens is 2. The zero-order chi connectivity index (χ0) is 19.3. The molecule has 1 atom stereocenters. The van der Waals surface area contributed by atoms with Crippen molar-refractivity contribution in [2.24, 2.45) is 0 Å². The van der Waals surface area contributed by atoms with Crippen molar-refractivity contribution in [3.63, 3.8) is 0 Å². The first-order chi connectivity index (χ1) is 13.8. The van der Waals surface area contributed by atoms with E-state index in [1.165, 1.54) is 5.56 Å². The van der Waals surface area contributed by atoms with Gasteiger partial charge in [-0.3, -0.25) is 4.79 Å². The quantitative estimate of drug-likeness (QED) is 0.563. The molecule has 4 rings (SSSR count). The third-order valence-electron chi connectivity index (χ3n) is 5.44. The van der Waals surface area contributed by atoms with Gasteiger partial charge < -0.3 is 14.2 Å². The summed E-state index contributed by atoms with van der Waals surface area (Å²) in [6.07, 6.45) is 1.42. The van der Waals surface area contributed by atoms with E-state index in [9.17, 15) is 4.79 Å². The molecular formula is C23H27N3O2. The number of fused-ring (bicyclic) bond motifs is 1. The highest BCUT2D eigenvalue weighted by molar-refractivity contribution is 5.81. The predicted molar refractivity (Wildman–Crippen MR) is 110 cm³/mol. The highest BCUT2D eigenvalue weighted by atomic mass is 16.5. The van der Waals surface area contributed by atoms with E-state index in [4.69, 9.17) is 9.72 Å². The average Bonchev–Trinajstić information content (AvgIpc) is 3.28. The molecule has 0 radical (unpaired) electrons. The van der Waals surface area contributed by atoms with Crippen molar-refractivity contribution < 1.29 is 9.53 Å². The zero-order valence-corrected chi connectivity index (χ0v) is 16.4. The number of hydrogen-bond donors (Lipinski definition) is 0. The van der Waals surface area contributed by atoms with E-state index in [-0.39, 0.29) is 11.8 Å². The number of amides is 1. The molecule has 146 valence electrons. The third kappa shape index (κ3) is 3.94. The Morgan fingerprint density at radius 1 is 1.07 bits per heavy atom. The van der Waals surface area contributed by atoms with E-state index in [0.29, 0.717) is 19.6 Å². The lowest BCUT2D eigenvalue weighted by atomic mass is 10.1. The van der Waals surface area contributed by atoms with Crippen molar-refractivity contribution in [3.05, 3.63) is 66.0 Å². The van der Waals surface area contributed by atoms with E-state index in [0.717, 1.165) is 42.9 Å². The van der Waals surface area contributed by atoms with Gasteiger partial charge in [0, 0.05) is 38.6 Å². The molecule has 28 heavy (non-hydrogen) atoms. The Bertz CT molecular complexity index is 935. The molecule has 0 N–H and O–H groups in total. The first-order valence-corrected chi connectivity index (χ1v) is 10.1. The van der Waals surface area contributed by atoms with Crippen LogP contribution in [-0.2, 0) is 22.5 Å². The monoisotopic (exact) mass is 377 g/mol. The van der Waals surface area contributed by atoms with Crippen molar-refractivity contribution in [2.45, 2.75) is 32.2 Å². The lowest BCUT2D eigenvalue weighted by Crippen LogP contribution is -2.27. The van der Waals surface area contributed by atoms with Crippen molar-refractivity contribution in [2.75, 3.05) is 26.3 Å². The maximum Gasteiger partial charge on any atom is 0.223 e. The van der Waals surface area contributed by atoms with E-state index < -0.39 is 0 Å². The van der Waals surface area contributed by atoms with Gasteiger partial charge in [-0.2, -0.15) is 0 Å². The lowest BCUT2D eigenvalue weighted by Gasteiger charge is -2.17. The molecule has 1 saturated heterocycles. The van der Waals surface area contributed by atoms with Crippen LogP contribution in [0, 0.1) is 0 Å². The summed E-state index contributed by atoms with van der Waals surface area (Å²) in [6.45, 7) is 5.63. The summed E-state index contributed by atoms with van der Waals surface area (Å²) >= 11 is 0. The second kappa shape index (κ2) is 8.57. The smallest absolute Gasteiger partial charge is 0.223 e. The van der Waals surface area contributed by atoms with Gasteiger partial charge in [-0.1, -0.05) is 42.5 Å². The minimum Gasteiger partial charge on any atom is -0.380 e. The molecule has 1 fully saturated rings. The summed E-state index contributed by atoms with van der Waals surface area (Å²) in [7, 11) is 0. The predicted octanol–water partition coefficient (Wildman–Crippen LogP) is 3.63. The zero-order valence-electron chi connectivity index (χ0n) is 16.4. The number of carbonyl (C=O) groups is 1. The SMILES string of the molecule is CCOCCn1c(C2CC(=O)N(CCc3ccccc3)C2)nc2ccccc21. The van der Waals surface area contributed by atoms with E-state index in [1.54, 1.807) is 0 Å². The molecule has 0 spiro atoms. The molecule has 5 nitrogen and oxygen atoms in total. The average molecular weight is 377 g/mol. The van der Waals surface area contributed by atoms with Crippen LogP contribution in [0.1, 0.15) is 30.7 Å². The first-order valence-electron chi connectivity index (χ1n) is 10.1. The number of para-hydroxylation sites is 2. The molecule has 0 bridgehead atoms. The minimum absolute atomic E-state index is 0.136. The molecule has 5 heteroatoms. The number of carbonyl (C=O) groups excluding carboxylic acids is 1. The first kappa shape index (κ1) is 18.7. The maximum absolute atomic E-state index is 12.6. The number of nitrogens with zero attached hydrogens (tertiary/aromatic N) is 3. The van der Waals surface area contributed by atoms with Crippen LogP contribution < -0.4 is 0 Å². The van der Waals surface area contributed by atoms with Gasteiger partial charge in [0.2, 0.25) is 5.91 Å². The Morgan fingerprint density at radius 3 is 2.68 bits per heavy atom. The van der Waals surface area contributed by atoms with Crippen molar-refractivity contribution in [1.82, 2.24) is 14.5 Å². The molecular weight excluding hydrogens is 350 g/mol. The van der Waals surface area contributed by atoms with Crippen LogP contribution >= 0.6 is 0 Å². The normalized spacial score (nSPS) is 17.0. The van der Waals surface area contributed by atoms with Crippen LogP contribution in [0.3, 0.4) is 0 Å². The fraction of sp³-hybridized carbons (Fsp3) is 0.391. The van der Waals surface area contributed by atoms with Crippen LogP contribution in [0.15, 0.2) is 54.6 Å². The Balaban J connectivity index is 1.51. The fourth-order valence-electron chi connectivity index (χ4n) is 4.01. The molecule has 1 aliphatic rings. The van der Waals surface area contributed by atoms with Gasteiger partial charge >= 0.3 is 0 Å². The van der Waals surface area contributed by atoms with Gasteiger partial charge in [0.25, 0.3) is 0 Å². The summed E-state index contributed by atoms with van der Waals surface area (Å²) in [6, 6.07) is 18.5. The topological polar surface area (TPSA) is 47.4 Å².